The minimum absolute atomic E-state index is 0.354. The Morgan fingerprint density at radius 1 is 0.221 bits per heavy atom. The van der Waals surface area contributed by atoms with Gasteiger partial charge in [0.25, 0.3) is 0 Å². The molecule has 4 aromatic heterocycles. The van der Waals surface area contributed by atoms with E-state index in [9.17, 15) is 0 Å². The van der Waals surface area contributed by atoms with E-state index in [1.165, 1.54) is 94.8 Å². The summed E-state index contributed by atoms with van der Waals surface area (Å²) in [5, 5.41) is 0. The minimum Gasteiger partial charge on any atom is -0.201 e. The van der Waals surface area contributed by atoms with E-state index in [0.29, 0.717) is 11.1 Å². The van der Waals surface area contributed by atoms with Gasteiger partial charge in [0.1, 0.15) is 28.2 Å². The van der Waals surface area contributed by atoms with Gasteiger partial charge in [0.2, 0.25) is 22.8 Å². The zero-order valence-corrected chi connectivity index (χ0v) is 52.0. The van der Waals surface area contributed by atoms with Gasteiger partial charge in [0.15, 0.2) is 24.8 Å². The number of hydrogen-bond acceptors (Lipinski definition) is 0. The summed E-state index contributed by atoms with van der Waals surface area (Å²) >= 11 is 0. The molecule has 0 atom stereocenters. The second-order valence-electron chi connectivity index (χ2n) is 22.7. The van der Waals surface area contributed by atoms with Gasteiger partial charge in [0, 0.05) is 77.0 Å². The van der Waals surface area contributed by atoms with Crippen LogP contribution in [0.25, 0.3) is 89.5 Å². The quantitative estimate of drug-likeness (QED) is 0.135. The van der Waals surface area contributed by atoms with Gasteiger partial charge in [-0.2, -0.15) is 0 Å². The van der Waals surface area contributed by atoms with E-state index >= 15 is 0 Å². The maximum Gasteiger partial charge on any atom is 0.213 e. The van der Waals surface area contributed by atoms with Gasteiger partial charge in [-0.25, -0.2) is 18.3 Å². The molecule has 0 spiro atoms. The minimum atomic E-state index is -2.09. The van der Waals surface area contributed by atoms with Gasteiger partial charge in [-0.05, 0) is 178 Å². The van der Waals surface area contributed by atoms with E-state index in [-0.39, 0.29) is 0 Å². The fourth-order valence-corrected chi connectivity index (χ4v) is 11.3. The molecule has 0 fully saturated rings. The van der Waals surface area contributed by atoms with Crippen LogP contribution in [-0.2, 0) is 28.2 Å². The predicted molar refractivity (Wildman–Crippen MR) is 361 cm³/mol. The first-order chi connectivity index (χ1) is 43.8. The van der Waals surface area contributed by atoms with Gasteiger partial charge < -0.3 is 0 Å². The lowest BCUT2D eigenvalue weighted by molar-refractivity contribution is -0.660. The van der Waals surface area contributed by atoms with Gasteiger partial charge in [-0.3, -0.25) is 0 Å². The van der Waals surface area contributed by atoms with Crippen molar-refractivity contribution < 1.29 is 26.5 Å². The molecule has 4 nitrogen and oxygen atoms in total. The number of benzene rings is 8. The van der Waals surface area contributed by atoms with E-state index in [1.807, 2.05) is 78.7 Å². The number of rotatable bonds is 8. The van der Waals surface area contributed by atoms with Crippen LogP contribution in [0.1, 0.15) is 63.9 Å². The molecule has 12 rings (SSSR count). The average Bonchev–Trinajstić information content (AvgIpc) is 0.845. The van der Waals surface area contributed by atoms with Crippen LogP contribution in [0.5, 0.6) is 0 Å². The molecule has 4 heteroatoms. The van der Waals surface area contributed by atoms with Crippen molar-refractivity contribution in [3.63, 3.8) is 0 Å². The molecule has 4 heterocycles. The van der Waals surface area contributed by atoms with Crippen LogP contribution < -0.4 is 18.3 Å². The zero-order chi connectivity index (χ0) is 66.0. The molecule has 0 N–H and O–H groups in total. The van der Waals surface area contributed by atoms with Gasteiger partial charge in [-0.1, -0.05) is 175 Å². The largest absolute Gasteiger partial charge is 0.213 e. The Hall–Kier alpha value is -9.64. The van der Waals surface area contributed by atoms with E-state index in [1.54, 1.807) is 18.5 Å². The van der Waals surface area contributed by atoms with Crippen molar-refractivity contribution in [1.82, 2.24) is 0 Å². The van der Waals surface area contributed by atoms with E-state index < -0.39 is 13.7 Å². The standard InChI is InChI=1S/2C21H22N.2C20H20N/c1-15-13-21(22(4)14-17(15)3)20-11-10-19(12-16(20)2)18-8-6-5-7-9-18;1-15-10-11-19(16(2)12-15)21-13-20(17(3)14-22(21)4)18-8-6-5-7-9-18;2*1-15-9-12-20(21(3)14-15)19-11-10-18(13-16(19)2)17-7-5-4-6-8-17/h2*5-14H,1-4H3;2*4-14H,1-3H3/q4*+1/i3D3;;1D3;. The molecule has 0 bridgehead atoms. The molecular formula is C82H84N4+4. The molecule has 0 amide bonds. The summed E-state index contributed by atoms with van der Waals surface area (Å²) in [6.45, 7) is 12.7. The second-order valence-corrected chi connectivity index (χ2v) is 22.7. The second kappa shape index (κ2) is 27.8. The fraction of sp³-hybridized carbons (Fsp3) is 0.171. The van der Waals surface area contributed by atoms with Crippen molar-refractivity contribution in [2.75, 3.05) is 0 Å². The number of pyridine rings is 4. The first-order valence-corrected chi connectivity index (χ1v) is 29.4. The number of hydrogen-bond donors (Lipinski definition) is 0. The van der Waals surface area contributed by atoms with Gasteiger partial charge >= 0.3 is 0 Å². The van der Waals surface area contributed by atoms with Crippen LogP contribution in [-0.4, -0.2) is 0 Å². The van der Waals surface area contributed by atoms with Crippen molar-refractivity contribution in [2.45, 2.75) is 69.1 Å². The summed E-state index contributed by atoms with van der Waals surface area (Å²) in [5.74, 6) is 0. The molecule has 0 radical (unpaired) electrons. The normalized spacial score (nSPS) is 12.0. The first-order valence-electron chi connectivity index (χ1n) is 32.4. The van der Waals surface area contributed by atoms with Gasteiger partial charge in [0.05, 0.1) is 0 Å². The Morgan fingerprint density at radius 2 is 0.570 bits per heavy atom. The number of nitrogens with zero attached hydrogens (tertiary/aromatic N) is 4. The van der Waals surface area contributed by atoms with Crippen molar-refractivity contribution in [3.05, 3.63) is 311 Å². The lowest BCUT2D eigenvalue weighted by Crippen LogP contribution is -2.31. The van der Waals surface area contributed by atoms with Crippen LogP contribution in [0.15, 0.2) is 255 Å². The van der Waals surface area contributed by atoms with Crippen LogP contribution in [0.4, 0.5) is 0 Å². The third-order valence-electron chi connectivity index (χ3n) is 15.9. The summed E-state index contributed by atoms with van der Waals surface area (Å²) < 4.78 is 53.8. The summed E-state index contributed by atoms with van der Waals surface area (Å²) in [5.41, 5.74) is 29.5. The van der Waals surface area contributed by atoms with Crippen molar-refractivity contribution in [1.29, 1.82) is 0 Å². The molecule has 8 aromatic carbocycles. The molecule has 0 aliphatic carbocycles. The van der Waals surface area contributed by atoms with E-state index in [4.69, 9.17) is 8.22 Å². The predicted octanol–water partition coefficient (Wildman–Crippen LogP) is 18.5. The van der Waals surface area contributed by atoms with Crippen molar-refractivity contribution in [2.24, 2.45) is 28.2 Å². The highest BCUT2D eigenvalue weighted by Gasteiger charge is 2.19. The Morgan fingerprint density at radius 3 is 0.977 bits per heavy atom. The molecule has 0 aliphatic heterocycles. The monoisotopic (exact) mass is 1130 g/mol. The van der Waals surface area contributed by atoms with Gasteiger partial charge in [-0.15, -0.1) is 0 Å². The van der Waals surface area contributed by atoms with E-state index in [0.717, 1.165) is 39.2 Å². The molecule has 86 heavy (non-hydrogen) atoms. The lowest BCUT2D eigenvalue weighted by atomic mass is 9.97. The molecule has 428 valence electrons. The van der Waals surface area contributed by atoms with E-state index in [2.05, 4.69) is 260 Å². The summed E-state index contributed by atoms with van der Waals surface area (Å²) in [7, 11) is 8.01. The third kappa shape index (κ3) is 14.8. The summed E-state index contributed by atoms with van der Waals surface area (Å²) in [4.78, 5) is 0. The fourth-order valence-electron chi connectivity index (χ4n) is 11.3. The topological polar surface area (TPSA) is 15.5 Å². The van der Waals surface area contributed by atoms with Crippen LogP contribution in [0.2, 0.25) is 0 Å². The van der Waals surface area contributed by atoms with Crippen LogP contribution >= 0.6 is 0 Å². The number of aryl methyl sites for hydroxylation is 14. The highest BCUT2D eigenvalue weighted by molar-refractivity contribution is 5.75. The molecule has 0 saturated carbocycles. The third-order valence-corrected chi connectivity index (χ3v) is 15.9. The molecule has 12 aromatic rings. The molecule has 0 saturated heterocycles. The Kier molecular flexibility index (Phi) is 17.2. The molecular weight excluding hydrogens is 1040 g/mol. The summed E-state index contributed by atoms with van der Waals surface area (Å²) in [6, 6.07) is 80.0. The summed E-state index contributed by atoms with van der Waals surface area (Å²) in [6.07, 6.45) is 7.80. The number of aromatic nitrogens is 4. The maximum atomic E-state index is 7.67. The average molecular weight is 1130 g/mol. The van der Waals surface area contributed by atoms with Crippen molar-refractivity contribution >= 4 is 0 Å². The van der Waals surface area contributed by atoms with Crippen molar-refractivity contribution in [3.8, 4) is 89.5 Å². The van der Waals surface area contributed by atoms with Crippen LogP contribution in [0, 0.1) is 69.1 Å². The lowest BCUT2D eigenvalue weighted by Gasteiger charge is -2.10. The zero-order valence-electron chi connectivity index (χ0n) is 58.0. The Labute approximate surface area is 521 Å². The highest BCUT2D eigenvalue weighted by atomic mass is 14.9. The Balaban J connectivity index is 0.000000145. The molecule has 0 unspecified atom stereocenters. The smallest absolute Gasteiger partial charge is 0.201 e. The SMILES string of the molecule is Cc1ccc(-c2cc(-c3ccccc3)c(C)c[n+]2C)c(C)c1.Cc1ccc(-c2ccc(-c3ccccc3)cc2C)[n+](C)c1.[2H]C([2H])([2H])c1c[n+](C)c(-c2ccc(-c3ccccc3)cc2C)cc1C.[2H]C([2H])([2H])c1ccc(-c2ccc(-c3ccccc3)cc2C)[n+](C)c1. The Bertz CT molecular complexity index is 4540. The highest BCUT2D eigenvalue weighted by Crippen LogP contribution is 2.32. The molecule has 0 aliphatic rings. The first kappa shape index (κ1) is 53.1. The maximum absolute atomic E-state index is 7.67. The van der Waals surface area contributed by atoms with Crippen LogP contribution in [0.3, 0.4) is 0 Å².